The molecule has 0 amide bonds. The van der Waals surface area contributed by atoms with Crippen LogP contribution in [-0.2, 0) is 0 Å². The van der Waals surface area contributed by atoms with E-state index in [0.717, 1.165) is 11.3 Å². The zero-order valence-corrected chi connectivity index (χ0v) is 9.58. The molecule has 4 nitrogen and oxygen atoms in total. The van der Waals surface area contributed by atoms with E-state index in [0.29, 0.717) is 0 Å². The average molecular weight is 227 g/mol. The van der Waals surface area contributed by atoms with E-state index in [-0.39, 0.29) is 18.4 Å². The van der Waals surface area contributed by atoms with Crippen LogP contribution in [0, 0.1) is 6.92 Å². The van der Waals surface area contributed by atoms with Gasteiger partial charge in [0.15, 0.2) is 0 Å². The Hall–Kier alpha value is -1.55. The van der Waals surface area contributed by atoms with Crippen LogP contribution in [0.1, 0.15) is 18.1 Å². The summed E-state index contributed by atoms with van der Waals surface area (Å²) in [6.45, 7) is 3.89. The molecule has 5 heteroatoms. The van der Waals surface area contributed by atoms with Gasteiger partial charge in [0.1, 0.15) is 0 Å². The van der Waals surface area contributed by atoms with E-state index < -0.39 is 0 Å². The van der Waals surface area contributed by atoms with E-state index in [1.165, 1.54) is 5.56 Å². The topological polar surface area (TPSA) is 76.8 Å². The third-order valence-electron chi connectivity index (χ3n) is 1.75. The number of halogens is 1. The van der Waals surface area contributed by atoms with E-state index in [1.807, 2.05) is 38.1 Å². The lowest BCUT2D eigenvalue weighted by molar-refractivity contribution is 1.19. The fourth-order valence-electron chi connectivity index (χ4n) is 1.06. The molecule has 0 aliphatic heterocycles. The van der Waals surface area contributed by atoms with Crippen molar-refractivity contribution in [2.75, 3.05) is 0 Å². The lowest BCUT2D eigenvalue weighted by Gasteiger charge is -1.99. The van der Waals surface area contributed by atoms with Gasteiger partial charge in [-0.05, 0) is 19.4 Å². The number of hydrogen-bond acceptors (Lipinski definition) is 2. The highest BCUT2D eigenvalue weighted by Gasteiger charge is 1.96. The second-order valence-electron chi connectivity index (χ2n) is 3.08. The summed E-state index contributed by atoms with van der Waals surface area (Å²) in [6, 6.07) is 7.99. The molecular formula is C10H15ClN4. The molecule has 0 aliphatic carbocycles. The van der Waals surface area contributed by atoms with Gasteiger partial charge in [-0.1, -0.05) is 29.8 Å². The normalized spacial score (nSPS) is 10.4. The molecule has 0 bridgehead atoms. The lowest BCUT2D eigenvalue weighted by atomic mass is 10.1. The van der Waals surface area contributed by atoms with Crippen LogP contribution < -0.4 is 11.5 Å². The number of rotatable bonds is 2. The Morgan fingerprint density at radius 3 is 2.40 bits per heavy atom. The van der Waals surface area contributed by atoms with Gasteiger partial charge in [-0.25, -0.2) is 0 Å². The highest BCUT2D eigenvalue weighted by molar-refractivity contribution is 5.99. The van der Waals surface area contributed by atoms with Gasteiger partial charge in [0.05, 0.1) is 5.71 Å². The maximum Gasteiger partial charge on any atom is 0.211 e. The van der Waals surface area contributed by atoms with Crippen molar-refractivity contribution in [1.29, 1.82) is 0 Å². The molecule has 4 N–H and O–H groups in total. The largest absolute Gasteiger partial charge is 0.369 e. The van der Waals surface area contributed by atoms with E-state index in [9.17, 15) is 0 Å². The first-order chi connectivity index (χ1) is 6.59. The van der Waals surface area contributed by atoms with Crippen LogP contribution in [0.4, 0.5) is 0 Å². The molecule has 0 radical (unpaired) electrons. The van der Waals surface area contributed by atoms with Crippen molar-refractivity contribution in [3.8, 4) is 0 Å². The SMILES string of the molecule is CC(=NN=C(N)N)c1cccc(C)c1.Cl. The van der Waals surface area contributed by atoms with Crippen molar-refractivity contribution in [3.05, 3.63) is 35.4 Å². The second-order valence-corrected chi connectivity index (χ2v) is 3.08. The van der Waals surface area contributed by atoms with Crippen molar-refractivity contribution >= 4 is 24.1 Å². The maximum atomic E-state index is 5.17. The predicted molar refractivity (Wildman–Crippen MR) is 66.4 cm³/mol. The molecule has 1 rings (SSSR count). The Kier molecular flexibility index (Phi) is 5.41. The van der Waals surface area contributed by atoms with Crippen LogP contribution in [0.3, 0.4) is 0 Å². The smallest absolute Gasteiger partial charge is 0.211 e. The molecule has 0 spiro atoms. The molecule has 0 saturated heterocycles. The first-order valence-electron chi connectivity index (χ1n) is 4.30. The number of benzene rings is 1. The van der Waals surface area contributed by atoms with Gasteiger partial charge >= 0.3 is 0 Å². The van der Waals surface area contributed by atoms with Gasteiger partial charge in [-0.3, -0.25) is 0 Å². The molecule has 1 aromatic rings. The van der Waals surface area contributed by atoms with E-state index >= 15 is 0 Å². The Morgan fingerprint density at radius 1 is 1.20 bits per heavy atom. The number of hydrogen-bond donors (Lipinski definition) is 2. The Labute approximate surface area is 95.5 Å². The first-order valence-corrected chi connectivity index (χ1v) is 4.30. The second kappa shape index (κ2) is 6.03. The van der Waals surface area contributed by atoms with Crippen molar-refractivity contribution in [1.82, 2.24) is 0 Å². The van der Waals surface area contributed by atoms with Gasteiger partial charge in [0, 0.05) is 0 Å². The summed E-state index contributed by atoms with van der Waals surface area (Å²) in [5.41, 5.74) is 13.3. The van der Waals surface area contributed by atoms with Crippen LogP contribution in [-0.4, -0.2) is 11.7 Å². The molecule has 0 aliphatic rings. The number of guanidine groups is 1. The fourth-order valence-corrected chi connectivity index (χ4v) is 1.06. The molecule has 0 unspecified atom stereocenters. The third-order valence-corrected chi connectivity index (χ3v) is 1.75. The predicted octanol–water partition coefficient (Wildman–Crippen LogP) is 1.41. The number of nitrogens with zero attached hydrogens (tertiary/aromatic N) is 2. The van der Waals surface area contributed by atoms with Crippen molar-refractivity contribution in [2.24, 2.45) is 21.7 Å². The Balaban J connectivity index is 0.00000196. The highest BCUT2D eigenvalue weighted by Crippen LogP contribution is 2.05. The Bertz CT molecular complexity index is 381. The van der Waals surface area contributed by atoms with Gasteiger partial charge in [0.2, 0.25) is 5.96 Å². The lowest BCUT2D eigenvalue weighted by Crippen LogP contribution is -2.22. The average Bonchev–Trinajstić information content (AvgIpc) is 2.14. The summed E-state index contributed by atoms with van der Waals surface area (Å²) in [7, 11) is 0. The zero-order chi connectivity index (χ0) is 10.6. The van der Waals surface area contributed by atoms with Crippen LogP contribution in [0.15, 0.2) is 34.5 Å². The quantitative estimate of drug-likeness (QED) is 0.455. The molecule has 0 aromatic heterocycles. The monoisotopic (exact) mass is 226 g/mol. The van der Waals surface area contributed by atoms with Crippen LogP contribution in [0.5, 0.6) is 0 Å². The summed E-state index contributed by atoms with van der Waals surface area (Å²) in [4.78, 5) is 0. The standard InChI is InChI=1S/C10H14N4.ClH/c1-7-4-3-5-9(6-7)8(2)13-14-10(11)12;/h3-6H,1-2H3,(H4,11,12,14);1H. The fraction of sp³-hybridized carbons (Fsp3) is 0.200. The molecule has 0 saturated carbocycles. The molecule has 0 atom stereocenters. The van der Waals surface area contributed by atoms with E-state index in [1.54, 1.807) is 0 Å². The number of nitrogens with two attached hydrogens (primary N) is 2. The zero-order valence-electron chi connectivity index (χ0n) is 8.77. The summed E-state index contributed by atoms with van der Waals surface area (Å²) in [5.74, 6) is -0.0306. The molecular weight excluding hydrogens is 212 g/mol. The number of aryl methyl sites for hydroxylation is 1. The van der Waals surface area contributed by atoms with E-state index in [2.05, 4.69) is 10.2 Å². The molecule has 1 aromatic carbocycles. The summed E-state index contributed by atoms with van der Waals surface area (Å²) >= 11 is 0. The minimum atomic E-state index is -0.0306. The molecule has 82 valence electrons. The van der Waals surface area contributed by atoms with Gasteiger partial charge in [-0.2, -0.15) is 5.10 Å². The highest BCUT2D eigenvalue weighted by atomic mass is 35.5. The van der Waals surface area contributed by atoms with Crippen LogP contribution in [0.2, 0.25) is 0 Å². The first kappa shape index (κ1) is 13.5. The van der Waals surface area contributed by atoms with Crippen LogP contribution in [0.25, 0.3) is 0 Å². The van der Waals surface area contributed by atoms with E-state index in [4.69, 9.17) is 11.5 Å². The molecule has 15 heavy (non-hydrogen) atoms. The van der Waals surface area contributed by atoms with Crippen molar-refractivity contribution < 1.29 is 0 Å². The summed E-state index contributed by atoms with van der Waals surface area (Å²) in [5, 5.41) is 7.48. The maximum absolute atomic E-state index is 5.17. The molecule has 0 fully saturated rings. The van der Waals surface area contributed by atoms with Crippen molar-refractivity contribution in [3.63, 3.8) is 0 Å². The van der Waals surface area contributed by atoms with Gasteiger partial charge < -0.3 is 11.5 Å². The van der Waals surface area contributed by atoms with Gasteiger partial charge in [0.25, 0.3) is 0 Å². The minimum absolute atomic E-state index is 0. The summed E-state index contributed by atoms with van der Waals surface area (Å²) in [6.07, 6.45) is 0. The van der Waals surface area contributed by atoms with Crippen molar-refractivity contribution in [2.45, 2.75) is 13.8 Å². The third kappa shape index (κ3) is 4.46. The Morgan fingerprint density at radius 2 is 1.87 bits per heavy atom. The minimum Gasteiger partial charge on any atom is -0.369 e. The van der Waals surface area contributed by atoms with Gasteiger partial charge in [-0.15, -0.1) is 17.5 Å². The van der Waals surface area contributed by atoms with Crippen LogP contribution >= 0.6 is 12.4 Å². The summed E-state index contributed by atoms with van der Waals surface area (Å²) < 4.78 is 0. The molecule has 0 heterocycles.